The zero-order valence-corrected chi connectivity index (χ0v) is 17.0. The summed E-state index contributed by atoms with van der Waals surface area (Å²) in [5, 5.41) is 10.1. The highest BCUT2D eigenvalue weighted by Crippen LogP contribution is 2.47. The molecule has 1 heterocycles. The largest absolute Gasteiger partial charge is 0.508 e. The van der Waals surface area contributed by atoms with Crippen molar-refractivity contribution in [2.24, 2.45) is 0 Å². The third-order valence-electron chi connectivity index (χ3n) is 6.87. The van der Waals surface area contributed by atoms with Crippen molar-refractivity contribution in [2.75, 3.05) is 20.6 Å². The van der Waals surface area contributed by atoms with Crippen LogP contribution in [0.4, 0.5) is 13.2 Å². The standard InChI is InChI=1S/C23H27F3N2O/c1-22-9-10-27(2)20(12-16-7-8-18(29)13-19(16)22)21(22)28(3)14-15-5-4-6-17(11-15)23(24,25)26/h4-8,11,13,20-21,29H,9-10,12,14H2,1-3H3/t20-,21-,22+/m1/s1. The molecule has 0 aromatic heterocycles. The Morgan fingerprint density at radius 1 is 1.21 bits per heavy atom. The molecule has 2 aliphatic rings. The van der Waals surface area contributed by atoms with E-state index >= 15 is 0 Å². The Morgan fingerprint density at radius 2 is 1.97 bits per heavy atom. The van der Waals surface area contributed by atoms with Gasteiger partial charge in [0.25, 0.3) is 0 Å². The molecule has 2 bridgehead atoms. The molecule has 1 fully saturated rings. The molecule has 4 rings (SSSR count). The quantitative estimate of drug-likeness (QED) is 0.820. The van der Waals surface area contributed by atoms with Crippen LogP contribution >= 0.6 is 0 Å². The van der Waals surface area contributed by atoms with Crippen molar-refractivity contribution in [3.05, 3.63) is 64.7 Å². The summed E-state index contributed by atoms with van der Waals surface area (Å²) in [6, 6.07) is 11.7. The van der Waals surface area contributed by atoms with E-state index in [1.54, 1.807) is 12.1 Å². The Hall–Kier alpha value is -2.05. The number of hydrogen-bond donors (Lipinski definition) is 1. The third kappa shape index (κ3) is 3.53. The number of nitrogens with zero attached hydrogens (tertiary/aromatic N) is 2. The van der Waals surface area contributed by atoms with E-state index in [2.05, 4.69) is 23.8 Å². The highest BCUT2D eigenvalue weighted by atomic mass is 19.4. The SMILES string of the molecule is CN1CC[C@@]2(C)c3cc(O)ccc3C[C@@H]1[C@H]2N(C)Cc1cccc(C(F)(F)F)c1. The Morgan fingerprint density at radius 3 is 2.69 bits per heavy atom. The smallest absolute Gasteiger partial charge is 0.416 e. The lowest BCUT2D eigenvalue weighted by Gasteiger charge is -2.57. The minimum atomic E-state index is -4.33. The van der Waals surface area contributed by atoms with Gasteiger partial charge in [0.2, 0.25) is 0 Å². The lowest BCUT2D eigenvalue weighted by molar-refractivity contribution is -0.137. The molecule has 0 saturated carbocycles. The van der Waals surface area contributed by atoms with Gasteiger partial charge in [0.05, 0.1) is 5.56 Å². The third-order valence-corrected chi connectivity index (χ3v) is 6.87. The number of benzene rings is 2. The van der Waals surface area contributed by atoms with Gasteiger partial charge in [0, 0.05) is 24.0 Å². The van der Waals surface area contributed by atoms with Crippen LogP contribution in [0.3, 0.4) is 0 Å². The molecule has 6 heteroatoms. The maximum absolute atomic E-state index is 13.1. The van der Waals surface area contributed by atoms with Crippen LogP contribution < -0.4 is 0 Å². The van der Waals surface area contributed by atoms with Gasteiger partial charge >= 0.3 is 6.18 Å². The summed E-state index contributed by atoms with van der Waals surface area (Å²) in [5.74, 6) is 0.265. The predicted molar refractivity (Wildman–Crippen MR) is 107 cm³/mol. The van der Waals surface area contributed by atoms with E-state index < -0.39 is 11.7 Å². The van der Waals surface area contributed by atoms with E-state index in [4.69, 9.17) is 0 Å². The van der Waals surface area contributed by atoms with Crippen LogP contribution in [0.1, 0.15) is 35.6 Å². The number of likely N-dealkylation sites (tertiary alicyclic amines) is 1. The summed E-state index contributed by atoms with van der Waals surface area (Å²) in [7, 11) is 4.13. The monoisotopic (exact) mass is 404 g/mol. The average molecular weight is 404 g/mol. The summed E-state index contributed by atoms with van der Waals surface area (Å²) in [5.41, 5.74) is 2.31. The number of alkyl halides is 3. The predicted octanol–water partition coefficient (Wildman–Crippen LogP) is 4.43. The summed E-state index contributed by atoms with van der Waals surface area (Å²) >= 11 is 0. The number of rotatable bonds is 3. The van der Waals surface area contributed by atoms with Crippen LogP contribution in [0.15, 0.2) is 42.5 Å². The molecule has 1 saturated heterocycles. The Balaban J connectivity index is 1.68. The maximum Gasteiger partial charge on any atom is 0.416 e. The van der Waals surface area contributed by atoms with Crippen molar-refractivity contribution < 1.29 is 18.3 Å². The van der Waals surface area contributed by atoms with Crippen molar-refractivity contribution in [3.63, 3.8) is 0 Å². The highest BCUT2D eigenvalue weighted by molar-refractivity contribution is 5.45. The first kappa shape index (κ1) is 20.2. The van der Waals surface area contributed by atoms with Crippen LogP contribution in [0.2, 0.25) is 0 Å². The van der Waals surface area contributed by atoms with E-state index in [0.29, 0.717) is 12.1 Å². The minimum absolute atomic E-state index is 0.144. The summed E-state index contributed by atoms with van der Waals surface area (Å²) in [6.07, 6.45) is -2.52. The molecule has 2 aromatic carbocycles. The van der Waals surface area contributed by atoms with Crippen LogP contribution in [0, 0.1) is 0 Å². The molecular formula is C23H27F3N2O. The fourth-order valence-corrected chi connectivity index (χ4v) is 5.46. The van der Waals surface area contributed by atoms with Crippen LogP contribution in [-0.4, -0.2) is 47.6 Å². The van der Waals surface area contributed by atoms with Gasteiger partial charge < -0.3 is 10.0 Å². The molecule has 1 aliphatic carbocycles. The molecule has 0 spiro atoms. The number of hydrogen-bond acceptors (Lipinski definition) is 3. The first-order chi connectivity index (χ1) is 13.6. The van der Waals surface area contributed by atoms with Gasteiger partial charge in [-0.2, -0.15) is 13.2 Å². The molecule has 3 atom stereocenters. The number of fused-ring (bicyclic) bond motifs is 4. The maximum atomic E-state index is 13.1. The zero-order valence-electron chi connectivity index (χ0n) is 17.0. The molecule has 3 nitrogen and oxygen atoms in total. The minimum Gasteiger partial charge on any atom is -0.508 e. The van der Waals surface area contributed by atoms with E-state index in [1.165, 1.54) is 23.3 Å². The highest BCUT2D eigenvalue weighted by Gasteiger charge is 2.51. The zero-order chi connectivity index (χ0) is 21.0. The topological polar surface area (TPSA) is 26.7 Å². The lowest BCUT2D eigenvalue weighted by Crippen LogP contribution is -2.66. The van der Waals surface area contributed by atoms with Gasteiger partial charge in [-0.05, 0) is 68.4 Å². The fraction of sp³-hybridized carbons (Fsp3) is 0.478. The van der Waals surface area contributed by atoms with Gasteiger partial charge in [-0.15, -0.1) is 0 Å². The van der Waals surface area contributed by atoms with Gasteiger partial charge in [0.15, 0.2) is 0 Å². The second kappa shape index (κ2) is 7.03. The molecule has 1 aliphatic heterocycles. The molecule has 1 N–H and O–H groups in total. The fourth-order valence-electron chi connectivity index (χ4n) is 5.46. The summed E-state index contributed by atoms with van der Waals surface area (Å²) in [4.78, 5) is 4.56. The van der Waals surface area contributed by atoms with Gasteiger partial charge in [-0.1, -0.05) is 31.2 Å². The first-order valence-corrected chi connectivity index (χ1v) is 9.98. The van der Waals surface area contributed by atoms with Crippen molar-refractivity contribution in [3.8, 4) is 5.75 Å². The molecule has 29 heavy (non-hydrogen) atoms. The molecule has 0 amide bonds. The Bertz CT molecular complexity index is 913. The van der Waals surface area contributed by atoms with Crippen molar-refractivity contribution in [1.29, 1.82) is 0 Å². The number of piperidine rings is 1. The lowest BCUT2D eigenvalue weighted by atomic mass is 9.61. The molecule has 0 radical (unpaired) electrons. The average Bonchev–Trinajstić information content (AvgIpc) is 2.65. The van der Waals surface area contributed by atoms with E-state index in [0.717, 1.165) is 25.5 Å². The Labute approximate surface area is 169 Å². The normalized spacial score (nSPS) is 27.1. The van der Waals surface area contributed by atoms with E-state index in [-0.39, 0.29) is 23.2 Å². The summed E-state index contributed by atoms with van der Waals surface area (Å²) in [6.45, 7) is 3.64. The summed E-state index contributed by atoms with van der Waals surface area (Å²) < 4.78 is 39.4. The molecule has 2 aromatic rings. The van der Waals surface area contributed by atoms with Crippen LogP contribution in [-0.2, 0) is 24.6 Å². The van der Waals surface area contributed by atoms with Crippen molar-refractivity contribution in [2.45, 2.75) is 50.0 Å². The first-order valence-electron chi connectivity index (χ1n) is 9.98. The molecule has 156 valence electrons. The van der Waals surface area contributed by atoms with Gasteiger partial charge in [0.1, 0.15) is 5.75 Å². The van der Waals surface area contributed by atoms with E-state index in [9.17, 15) is 18.3 Å². The second-order valence-electron chi connectivity index (χ2n) is 8.82. The number of likely N-dealkylation sites (N-methyl/N-ethyl adjacent to an activating group) is 2. The van der Waals surface area contributed by atoms with Crippen LogP contribution in [0.25, 0.3) is 0 Å². The number of phenolic OH excluding ortho intramolecular Hbond substituents is 1. The molecular weight excluding hydrogens is 377 g/mol. The van der Waals surface area contributed by atoms with Crippen molar-refractivity contribution >= 4 is 0 Å². The van der Waals surface area contributed by atoms with Crippen LogP contribution in [0.5, 0.6) is 5.75 Å². The van der Waals surface area contributed by atoms with E-state index in [1.807, 2.05) is 19.2 Å². The second-order valence-corrected chi connectivity index (χ2v) is 8.82. The number of aromatic hydroxyl groups is 1. The Kier molecular flexibility index (Phi) is 4.90. The number of halogens is 3. The number of phenols is 1. The van der Waals surface area contributed by atoms with Gasteiger partial charge in [-0.3, -0.25) is 4.90 Å². The van der Waals surface area contributed by atoms with Crippen molar-refractivity contribution in [1.82, 2.24) is 9.80 Å². The van der Waals surface area contributed by atoms with Gasteiger partial charge in [-0.25, -0.2) is 0 Å². The molecule has 0 unspecified atom stereocenters.